The molecular formula is C13H18N2O2. The first-order valence-electron chi connectivity index (χ1n) is 5.93. The van der Waals surface area contributed by atoms with Gasteiger partial charge in [0, 0.05) is 26.6 Å². The van der Waals surface area contributed by atoms with Crippen molar-refractivity contribution in [2.75, 3.05) is 20.2 Å². The summed E-state index contributed by atoms with van der Waals surface area (Å²) < 4.78 is 0. The van der Waals surface area contributed by atoms with Crippen LogP contribution in [0.5, 0.6) is 0 Å². The molecule has 0 radical (unpaired) electrons. The fourth-order valence-electron chi connectivity index (χ4n) is 2.26. The van der Waals surface area contributed by atoms with Gasteiger partial charge in [0.25, 0.3) is 0 Å². The van der Waals surface area contributed by atoms with Crippen LogP contribution < -0.4 is 0 Å². The molecule has 1 aromatic rings. The van der Waals surface area contributed by atoms with Gasteiger partial charge in [-0.25, -0.2) is 5.01 Å². The highest BCUT2D eigenvalue weighted by Crippen LogP contribution is 2.31. The fraction of sp³-hybridized carbons (Fsp3) is 0.462. The van der Waals surface area contributed by atoms with Crippen molar-refractivity contribution in [1.82, 2.24) is 10.0 Å². The predicted molar refractivity (Wildman–Crippen MR) is 65.0 cm³/mol. The van der Waals surface area contributed by atoms with Crippen molar-refractivity contribution in [1.29, 1.82) is 0 Å². The molecule has 92 valence electrons. The number of carbonyl (C=O) groups is 1. The van der Waals surface area contributed by atoms with Gasteiger partial charge in [-0.15, -0.1) is 0 Å². The largest absolute Gasteiger partial charge is 0.396 e. The second-order valence-corrected chi connectivity index (χ2v) is 4.29. The van der Waals surface area contributed by atoms with Gasteiger partial charge in [0.15, 0.2) is 0 Å². The lowest BCUT2D eigenvalue weighted by Crippen LogP contribution is -2.37. The lowest BCUT2D eigenvalue weighted by Gasteiger charge is -2.29. The van der Waals surface area contributed by atoms with Crippen molar-refractivity contribution < 1.29 is 9.90 Å². The van der Waals surface area contributed by atoms with E-state index in [1.807, 2.05) is 35.3 Å². The van der Waals surface area contributed by atoms with Gasteiger partial charge in [0.1, 0.15) is 0 Å². The third-order valence-electron chi connectivity index (χ3n) is 3.20. The summed E-state index contributed by atoms with van der Waals surface area (Å²) in [4.78, 5) is 11.8. The molecule has 1 saturated heterocycles. The summed E-state index contributed by atoms with van der Waals surface area (Å²) in [7, 11) is 1.79. The monoisotopic (exact) mass is 234 g/mol. The van der Waals surface area contributed by atoms with Crippen molar-refractivity contribution in [3.63, 3.8) is 0 Å². The minimum Gasteiger partial charge on any atom is -0.396 e. The SMILES string of the molecule is CN1C(=O)CC(c2ccccc2)N1CCCO. The van der Waals surface area contributed by atoms with Crippen molar-refractivity contribution in [3.8, 4) is 0 Å². The molecule has 2 rings (SSSR count). The number of carbonyl (C=O) groups excluding carboxylic acids is 1. The molecule has 1 atom stereocenters. The molecule has 1 aliphatic rings. The van der Waals surface area contributed by atoms with Crippen LogP contribution in [0.15, 0.2) is 30.3 Å². The molecule has 4 nitrogen and oxygen atoms in total. The van der Waals surface area contributed by atoms with Gasteiger partial charge in [-0.1, -0.05) is 30.3 Å². The summed E-state index contributed by atoms with van der Waals surface area (Å²) in [6, 6.07) is 10.2. The number of amides is 1. The summed E-state index contributed by atoms with van der Waals surface area (Å²) >= 11 is 0. The quantitative estimate of drug-likeness (QED) is 0.851. The summed E-state index contributed by atoms with van der Waals surface area (Å²) in [5.41, 5.74) is 1.16. The molecule has 1 amide bonds. The molecule has 0 bridgehead atoms. The first-order chi connectivity index (χ1) is 8.24. The molecule has 1 fully saturated rings. The third-order valence-corrected chi connectivity index (χ3v) is 3.20. The van der Waals surface area contributed by atoms with Gasteiger partial charge in [0.2, 0.25) is 5.91 Å². The molecule has 17 heavy (non-hydrogen) atoms. The molecule has 1 heterocycles. The first-order valence-corrected chi connectivity index (χ1v) is 5.93. The minimum atomic E-state index is 0.111. The van der Waals surface area contributed by atoms with Crippen LogP contribution in [0.2, 0.25) is 0 Å². The lowest BCUT2D eigenvalue weighted by molar-refractivity contribution is -0.136. The molecule has 1 aromatic carbocycles. The molecule has 0 aliphatic carbocycles. The molecule has 1 aliphatic heterocycles. The Bertz CT molecular complexity index is 380. The van der Waals surface area contributed by atoms with Crippen LogP contribution in [0.3, 0.4) is 0 Å². The van der Waals surface area contributed by atoms with Crippen LogP contribution in [0, 0.1) is 0 Å². The maximum atomic E-state index is 11.8. The van der Waals surface area contributed by atoms with E-state index in [1.165, 1.54) is 0 Å². The van der Waals surface area contributed by atoms with Gasteiger partial charge < -0.3 is 5.11 Å². The average Bonchev–Trinajstić information content (AvgIpc) is 2.65. The maximum absolute atomic E-state index is 11.8. The number of rotatable bonds is 4. The van der Waals surface area contributed by atoms with Crippen LogP contribution >= 0.6 is 0 Å². The van der Waals surface area contributed by atoms with E-state index in [0.29, 0.717) is 19.4 Å². The van der Waals surface area contributed by atoms with Crippen molar-refractivity contribution >= 4 is 5.91 Å². The number of hydrazine groups is 1. The van der Waals surface area contributed by atoms with E-state index in [1.54, 1.807) is 12.1 Å². The van der Waals surface area contributed by atoms with Gasteiger partial charge in [-0.3, -0.25) is 9.80 Å². The summed E-state index contributed by atoms with van der Waals surface area (Å²) in [5, 5.41) is 12.6. The van der Waals surface area contributed by atoms with Gasteiger partial charge >= 0.3 is 0 Å². The van der Waals surface area contributed by atoms with Crippen LogP contribution in [-0.2, 0) is 4.79 Å². The smallest absolute Gasteiger partial charge is 0.238 e. The van der Waals surface area contributed by atoms with Crippen LogP contribution in [0.4, 0.5) is 0 Å². The molecule has 0 spiro atoms. The van der Waals surface area contributed by atoms with E-state index in [0.717, 1.165) is 5.56 Å². The topological polar surface area (TPSA) is 43.8 Å². The van der Waals surface area contributed by atoms with Crippen LogP contribution in [0.1, 0.15) is 24.4 Å². The Morgan fingerprint density at radius 3 is 2.71 bits per heavy atom. The summed E-state index contributed by atoms with van der Waals surface area (Å²) in [6.07, 6.45) is 1.20. The lowest BCUT2D eigenvalue weighted by atomic mass is 10.0. The third kappa shape index (κ3) is 2.48. The highest BCUT2D eigenvalue weighted by atomic mass is 16.3. The first kappa shape index (κ1) is 12.1. The number of hydrogen-bond donors (Lipinski definition) is 1. The van der Waals surface area contributed by atoms with Crippen molar-refractivity contribution in [2.24, 2.45) is 0 Å². The number of aliphatic hydroxyl groups is 1. The van der Waals surface area contributed by atoms with E-state index >= 15 is 0 Å². The minimum absolute atomic E-state index is 0.111. The number of nitrogens with zero attached hydrogens (tertiary/aromatic N) is 2. The Balaban J connectivity index is 2.17. The predicted octanol–water partition coefficient (Wildman–Crippen LogP) is 1.19. The molecular weight excluding hydrogens is 216 g/mol. The standard InChI is InChI=1S/C13H18N2O2/c1-14-13(17)10-12(15(14)8-5-9-16)11-6-3-2-4-7-11/h2-4,6-7,12,16H,5,8-10H2,1H3. The maximum Gasteiger partial charge on any atom is 0.238 e. The zero-order chi connectivity index (χ0) is 12.3. The second-order valence-electron chi connectivity index (χ2n) is 4.29. The number of hydrogen-bond acceptors (Lipinski definition) is 3. The highest BCUT2D eigenvalue weighted by Gasteiger charge is 2.35. The molecule has 0 aromatic heterocycles. The Morgan fingerprint density at radius 2 is 2.06 bits per heavy atom. The van der Waals surface area contributed by atoms with E-state index in [-0.39, 0.29) is 18.6 Å². The Morgan fingerprint density at radius 1 is 1.35 bits per heavy atom. The zero-order valence-corrected chi connectivity index (χ0v) is 10.0. The van der Waals surface area contributed by atoms with Crippen LogP contribution in [0.25, 0.3) is 0 Å². The van der Waals surface area contributed by atoms with Crippen LogP contribution in [-0.4, -0.2) is 41.2 Å². The van der Waals surface area contributed by atoms with E-state index in [2.05, 4.69) is 0 Å². The average molecular weight is 234 g/mol. The molecule has 1 N–H and O–H groups in total. The zero-order valence-electron chi connectivity index (χ0n) is 10.0. The van der Waals surface area contributed by atoms with Gasteiger partial charge in [-0.05, 0) is 12.0 Å². The van der Waals surface area contributed by atoms with E-state index in [4.69, 9.17) is 5.11 Å². The van der Waals surface area contributed by atoms with Crippen molar-refractivity contribution in [2.45, 2.75) is 18.9 Å². The normalized spacial score (nSPS) is 21.2. The second kappa shape index (κ2) is 5.29. The molecule has 1 unspecified atom stereocenters. The Kier molecular flexibility index (Phi) is 3.76. The Labute approximate surface area is 101 Å². The number of benzene rings is 1. The van der Waals surface area contributed by atoms with Crippen molar-refractivity contribution in [3.05, 3.63) is 35.9 Å². The summed E-state index contributed by atoms with van der Waals surface area (Å²) in [6.45, 7) is 0.859. The van der Waals surface area contributed by atoms with E-state index < -0.39 is 0 Å². The fourth-order valence-corrected chi connectivity index (χ4v) is 2.26. The highest BCUT2D eigenvalue weighted by molar-refractivity contribution is 5.78. The Hall–Kier alpha value is -1.39. The van der Waals surface area contributed by atoms with Gasteiger partial charge in [-0.2, -0.15) is 0 Å². The summed E-state index contributed by atoms with van der Waals surface area (Å²) in [5.74, 6) is 0.136. The van der Waals surface area contributed by atoms with E-state index in [9.17, 15) is 4.79 Å². The molecule has 4 heteroatoms. The molecule has 0 saturated carbocycles. The number of aliphatic hydroxyl groups excluding tert-OH is 1. The van der Waals surface area contributed by atoms with Gasteiger partial charge in [0.05, 0.1) is 6.04 Å².